The van der Waals surface area contributed by atoms with Gasteiger partial charge in [0.1, 0.15) is 7.14 Å². The van der Waals surface area contributed by atoms with Gasteiger partial charge in [0.05, 0.1) is 0 Å². The van der Waals surface area contributed by atoms with Gasteiger partial charge in [0, 0.05) is 17.4 Å². The fourth-order valence-corrected chi connectivity index (χ4v) is 5.14. The average molecular weight is 268 g/mol. The van der Waals surface area contributed by atoms with Gasteiger partial charge in [-0.1, -0.05) is 66.2 Å². The van der Waals surface area contributed by atoms with Crippen LogP contribution in [0.4, 0.5) is 0 Å². The third kappa shape index (κ3) is 2.43. The fraction of sp³-hybridized carbons (Fsp3) is 0.176. The quantitative estimate of drug-likeness (QED) is 0.742. The first-order chi connectivity index (χ1) is 9.17. The molecular formula is C17H17OP. The lowest BCUT2D eigenvalue weighted by molar-refractivity contribution is 0.586. The van der Waals surface area contributed by atoms with E-state index in [0.717, 1.165) is 11.5 Å². The van der Waals surface area contributed by atoms with Crippen LogP contribution in [0, 0.1) is 6.92 Å². The lowest BCUT2D eigenvalue weighted by Gasteiger charge is -2.13. The maximum absolute atomic E-state index is 13.0. The molecule has 0 fully saturated rings. The Balaban J connectivity index is 1.87. The molecule has 2 aromatic rings. The zero-order valence-electron chi connectivity index (χ0n) is 11.0. The molecule has 0 amide bonds. The molecule has 1 aliphatic heterocycles. The van der Waals surface area contributed by atoms with Crippen LogP contribution in [-0.4, -0.2) is 6.16 Å². The van der Waals surface area contributed by atoms with E-state index in [1.807, 2.05) is 36.1 Å². The van der Waals surface area contributed by atoms with Gasteiger partial charge in [-0.2, -0.15) is 0 Å². The Morgan fingerprint density at radius 3 is 2.37 bits per heavy atom. The van der Waals surface area contributed by atoms with Crippen molar-refractivity contribution in [3.05, 3.63) is 77.6 Å². The van der Waals surface area contributed by atoms with Crippen molar-refractivity contribution in [2.24, 2.45) is 0 Å². The highest BCUT2D eigenvalue weighted by Gasteiger charge is 2.30. The highest BCUT2D eigenvalue weighted by atomic mass is 31.2. The van der Waals surface area contributed by atoms with Crippen LogP contribution in [0.3, 0.4) is 0 Å². The largest absolute Gasteiger partial charge is 0.314 e. The van der Waals surface area contributed by atoms with E-state index < -0.39 is 7.14 Å². The summed E-state index contributed by atoms with van der Waals surface area (Å²) in [5, 5.41) is 0.973. The van der Waals surface area contributed by atoms with Crippen LogP contribution < -0.4 is 5.30 Å². The summed E-state index contributed by atoms with van der Waals surface area (Å²) in [4.78, 5) is 0. The Kier molecular flexibility index (Phi) is 3.16. The van der Waals surface area contributed by atoms with E-state index in [0.29, 0.717) is 0 Å². The summed E-state index contributed by atoms with van der Waals surface area (Å²) in [5.74, 6) is 2.22. The number of benzene rings is 2. The molecule has 3 rings (SSSR count). The SMILES string of the molecule is Cc1ccc([C@@H]2C=C[P@@](=O)(c3ccccc3)C2)cc1. The zero-order valence-corrected chi connectivity index (χ0v) is 11.9. The van der Waals surface area contributed by atoms with Crippen LogP contribution in [0.2, 0.25) is 0 Å². The minimum Gasteiger partial charge on any atom is -0.314 e. The van der Waals surface area contributed by atoms with E-state index in [4.69, 9.17) is 0 Å². The van der Waals surface area contributed by atoms with Gasteiger partial charge in [-0.05, 0) is 18.3 Å². The van der Waals surface area contributed by atoms with Gasteiger partial charge in [-0.25, -0.2) is 0 Å². The van der Waals surface area contributed by atoms with E-state index in [1.54, 1.807) is 0 Å². The first-order valence-electron chi connectivity index (χ1n) is 6.58. The first kappa shape index (κ1) is 12.4. The number of hydrogen-bond donors (Lipinski definition) is 0. The molecule has 0 aliphatic carbocycles. The molecule has 2 aromatic carbocycles. The molecule has 1 nitrogen and oxygen atoms in total. The molecule has 2 atom stereocenters. The Morgan fingerprint density at radius 2 is 1.68 bits per heavy atom. The van der Waals surface area contributed by atoms with Crippen LogP contribution in [-0.2, 0) is 4.57 Å². The van der Waals surface area contributed by atoms with Crippen LogP contribution in [0.5, 0.6) is 0 Å². The number of allylic oxidation sites excluding steroid dienone is 1. The van der Waals surface area contributed by atoms with Gasteiger partial charge in [0.2, 0.25) is 0 Å². The van der Waals surface area contributed by atoms with Crippen molar-refractivity contribution in [1.82, 2.24) is 0 Å². The number of aryl methyl sites for hydroxylation is 1. The third-order valence-corrected chi connectivity index (χ3v) is 6.49. The molecule has 0 spiro atoms. The second-order valence-electron chi connectivity index (χ2n) is 5.17. The number of hydrogen-bond acceptors (Lipinski definition) is 1. The molecule has 2 heteroatoms. The van der Waals surface area contributed by atoms with Gasteiger partial charge in [0.15, 0.2) is 0 Å². The van der Waals surface area contributed by atoms with E-state index in [2.05, 4.69) is 37.3 Å². The van der Waals surface area contributed by atoms with E-state index in [1.165, 1.54) is 11.1 Å². The molecule has 19 heavy (non-hydrogen) atoms. The second-order valence-corrected chi connectivity index (χ2v) is 7.94. The molecular weight excluding hydrogens is 251 g/mol. The van der Waals surface area contributed by atoms with Gasteiger partial charge in [-0.15, -0.1) is 0 Å². The van der Waals surface area contributed by atoms with Crippen molar-refractivity contribution in [2.45, 2.75) is 12.8 Å². The average Bonchev–Trinajstić information content (AvgIpc) is 2.85. The summed E-state index contributed by atoms with van der Waals surface area (Å²) in [5.41, 5.74) is 2.52. The molecule has 0 N–H and O–H groups in total. The molecule has 1 heterocycles. The van der Waals surface area contributed by atoms with Crippen molar-refractivity contribution < 1.29 is 4.57 Å². The Morgan fingerprint density at radius 1 is 1.00 bits per heavy atom. The van der Waals surface area contributed by atoms with Crippen LogP contribution >= 0.6 is 7.14 Å². The first-order valence-corrected chi connectivity index (χ1v) is 8.54. The number of rotatable bonds is 2. The molecule has 0 bridgehead atoms. The third-order valence-electron chi connectivity index (χ3n) is 3.73. The predicted molar refractivity (Wildman–Crippen MR) is 81.6 cm³/mol. The fourth-order valence-electron chi connectivity index (χ4n) is 2.56. The summed E-state index contributed by atoms with van der Waals surface area (Å²) in [6.07, 6.45) is 2.83. The Bertz CT molecular complexity index is 641. The summed E-state index contributed by atoms with van der Waals surface area (Å²) >= 11 is 0. The minimum absolute atomic E-state index is 0.284. The van der Waals surface area contributed by atoms with Crippen LogP contribution in [0.25, 0.3) is 0 Å². The van der Waals surface area contributed by atoms with Crippen molar-refractivity contribution in [2.75, 3.05) is 6.16 Å². The molecule has 0 saturated heterocycles. The van der Waals surface area contributed by atoms with Crippen molar-refractivity contribution in [3.8, 4) is 0 Å². The summed E-state index contributed by atoms with van der Waals surface area (Å²) < 4.78 is 13.0. The topological polar surface area (TPSA) is 17.1 Å². The normalized spacial score (nSPS) is 25.6. The summed E-state index contributed by atoms with van der Waals surface area (Å²) in [6, 6.07) is 18.4. The highest BCUT2D eigenvalue weighted by Crippen LogP contribution is 2.54. The zero-order chi connectivity index (χ0) is 13.3. The smallest absolute Gasteiger partial charge is 0.137 e. The van der Waals surface area contributed by atoms with E-state index in [-0.39, 0.29) is 5.92 Å². The minimum atomic E-state index is -2.34. The Labute approximate surface area is 114 Å². The highest BCUT2D eigenvalue weighted by molar-refractivity contribution is 7.74. The molecule has 0 saturated carbocycles. The lowest BCUT2D eigenvalue weighted by Crippen LogP contribution is -2.06. The monoisotopic (exact) mass is 268 g/mol. The Hall–Kier alpha value is -1.59. The molecule has 0 radical (unpaired) electrons. The summed E-state index contributed by atoms with van der Waals surface area (Å²) in [6.45, 7) is 2.09. The van der Waals surface area contributed by atoms with Gasteiger partial charge < -0.3 is 4.57 Å². The van der Waals surface area contributed by atoms with E-state index >= 15 is 0 Å². The van der Waals surface area contributed by atoms with Crippen molar-refractivity contribution >= 4 is 12.4 Å². The molecule has 1 aliphatic rings. The molecule has 0 aromatic heterocycles. The van der Waals surface area contributed by atoms with Gasteiger partial charge >= 0.3 is 0 Å². The maximum atomic E-state index is 13.0. The van der Waals surface area contributed by atoms with Crippen LogP contribution in [0.15, 0.2) is 66.5 Å². The van der Waals surface area contributed by atoms with E-state index in [9.17, 15) is 4.57 Å². The molecule has 0 unspecified atom stereocenters. The molecule has 96 valence electrons. The predicted octanol–water partition coefficient (Wildman–Crippen LogP) is 4.29. The van der Waals surface area contributed by atoms with Gasteiger partial charge in [-0.3, -0.25) is 0 Å². The second kappa shape index (κ2) is 4.83. The lowest BCUT2D eigenvalue weighted by atomic mass is 10.0. The standard InChI is InChI=1S/C17H17OP/c1-14-7-9-15(10-8-14)16-11-12-19(18,13-16)17-5-3-2-4-6-17/h2-12,16H,13H2,1H3/t16-,19+/m1/s1. The summed E-state index contributed by atoms with van der Waals surface area (Å²) in [7, 11) is -2.34. The van der Waals surface area contributed by atoms with Crippen molar-refractivity contribution in [1.29, 1.82) is 0 Å². The van der Waals surface area contributed by atoms with Crippen LogP contribution in [0.1, 0.15) is 17.0 Å². The van der Waals surface area contributed by atoms with Gasteiger partial charge in [0.25, 0.3) is 0 Å². The maximum Gasteiger partial charge on any atom is 0.137 e. The van der Waals surface area contributed by atoms with Crippen molar-refractivity contribution in [3.63, 3.8) is 0 Å².